The molecular formula is C13H6ClF4I. The van der Waals surface area contributed by atoms with Gasteiger partial charge in [0, 0.05) is 21.3 Å². The molecule has 0 radical (unpaired) electrons. The molecular weight excluding hydrogens is 394 g/mol. The minimum absolute atomic E-state index is 0.355. The normalized spacial score (nSPS) is 12.5. The number of alkyl halides is 1. The zero-order valence-electron chi connectivity index (χ0n) is 9.23. The van der Waals surface area contributed by atoms with E-state index >= 15 is 0 Å². The van der Waals surface area contributed by atoms with Gasteiger partial charge in [0.15, 0.2) is 0 Å². The smallest absolute Gasteiger partial charge is 0.134 e. The maximum absolute atomic E-state index is 13.6. The van der Waals surface area contributed by atoms with Crippen molar-refractivity contribution in [2.24, 2.45) is 0 Å². The van der Waals surface area contributed by atoms with Gasteiger partial charge in [0.1, 0.15) is 23.3 Å². The van der Waals surface area contributed by atoms with E-state index in [0.29, 0.717) is 21.3 Å². The van der Waals surface area contributed by atoms with E-state index in [4.69, 9.17) is 11.6 Å². The molecule has 100 valence electrons. The van der Waals surface area contributed by atoms with E-state index in [2.05, 4.69) is 0 Å². The van der Waals surface area contributed by atoms with Gasteiger partial charge in [-0.2, -0.15) is 0 Å². The fourth-order valence-electron chi connectivity index (χ4n) is 1.66. The second-order valence-electron chi connectivity index (χ2n) is 3.81. The van der Waals surface area contributed by atoms with Crippen LogP contribution in [-0.4, -0.2) is 0 Å². The average Bonchev–Trinajstić information content (AvgIpc) is 2.26. The van der Waals surface area contributed by atoms with Crippen LogP contribution in [0.2, 0.25) is 0 Å². The summed E-state index contributed by atoms with van der Waals surface area (Å²) in [4.78, 5) is 0. The van der Waals surface area contributed by atoms with Gasteiger partial charge in [0.05, 0.1) is 5.38 Å². The minimum Gasteiger partial charge on any atom is -0.207 e. The highest BCUT2D eigenvalue weighted by Crippen LogP contribution is 2.35. The molecule has 2 aromatic carbocycles. The first-order chi connectivity index (χ1) is 8.90. The summed E-state index contributed by atoms with van der Waals surface area (Å²) in [5.41, 5.74) is -0.0966. The Balaban J connectivity index is 2.53. The van der Waals surface area contributed by atoms with Crippen molar-refractivity contribution in [3.05, 3.63) is 68.3 Å². The molecule has 0 fully saturated rings. The summed E-state index contributed by atoms with van der Waals surface area (Å²) in [5, 5.41) is -1.16. The largest absolute Gasteiger partial charge is 0.207 e. The number of rotatable bonds is 2. The Morgan fingerprint density at radius 1 is 0.895 bits per heavy atom. The molecule has 0 aromatic heterocycles. The van der Waals surface area contributed by atoms with E-state index in [0.717, 1.165) is 6.07 Å². The Kier molecular flexibility index (Phi) is 4.35. The summed E-state index contributed by atoms with van der Waals surface area (Å²) in [5.74, 6) is -3.64. The maximum Gasteiger partial charge on any atom is 0.134 e. The third-order valence-corrected chi connectivity index (χ3v) is 3.92. The highest BCUT2D eigenvalue weighted by Gasteiger charge is 2.23. The van der Waals surface area contributed by atoms with Gasteiger partial charge < -0.3 is 0 Å². The molecule has 0 spiro atoms. The lowest BCUT2D eigenvalue weighted by Crippen LogP contribution is -2.04. The number of benzene rings is 2. The average molecular weight is 401 g/mol. The van der Waals surface area contributed by atoms with Gasteiger partial charge in [0.2, 0.25) is 0 Å². The van der Waals surface area contributed by atoms with E-state index in [1.165, 1.54) is 12.1 Å². The van der Waals surface area contributed by atoms with Crippen molar-refractivity contribution < 1.29 is 17.6 Å². The van der Waals surface area contributed by atoms with Crippen LogP contribution in [0.1, 0.15) is 16.5 Å². The second-order valence-corrected chi connectivity index (χ2v) is 5.41. The predicted octanol–water partition coefficient (Wildman–Crippen LogP) is 5.18. The molecule has 2 rings (SSSR count). The third kappa shape index (κ3) is 3.02. The van der Waals surface area contributed by atoms with Crippen LogP contribution in [0.15, 0.2) is 30.3 Å². The lowest BCUT2D eigenvalue weighted by Gasteiger charge is -2.14. The van der Waals surface area contributed by atoms with Crippen LogP contribution in [0.25, 0.3) is 0 Å². The Morgan fingerprint density at radius 3 is 2.00 bits per heavy atom. The van der Waals surface area contributed by atoms with E-state index < -0.39 is 34.2 Å². The lowest BCUT2D eigenvalue weighted by atomic mass is 10.0. The fraction of sp³-hybridized carbons (Fsp3) is 0.0769. The molecule has 19 heavy (non-hydrogen) atoms. The molecule has 6 heteroatoms. The molecule has 0 bridgehead atoms. The molecule has 0 heterocycles. The van der Waals surface area contributed by atoms with Gasteiger partial charge >= 0.3 is 0 Å². The summed E-state index contributed by atoms with van der Waals surface area (Å²) in [6.45, 7) is 0. The number of halogens is 6. The van der Waals surface area contributed by atoms with Crippen LogP contribution in [0.5, 0.6) is 0 Å². The van der Waals surface area contributed by atoms with Gasteiger partial charge in [-0.15, -0.1) is 11.6 Å². The minimum atomic E-state index is -1.16. The van der Waals surface area contributed by atoms with Crippen molar-refractivity contribution in [1.82, 2.24) is 0 Å². The summed E-state index contributed by atoms with van der Waals surface area (Å²) < 4.78 is 53.5. The van der Waals surface area contributed by atoms with E-state index in [9.17, 15) is 17.6 Å². The molecule has 0 saturated carbocycles. The van der Waals surface area contributed by atoms with Gasteiger partial charge in [-0.1, -0.05) is 6.07 Å². The Labute approximate surface area is 125 Å². The first-order valence-electron chi connectivity index (χ1n) is 5.13. The van der Waals surface area contributed by atoms with Crippen LogP contribution < -0.4 is 0 Å². The summed E-state index contributed by atoms with van der Waals surface area (Å²) in [6.07, 6.45) is 0. The first kappa shape index (κ1) is 14.6. The van der Waals surface area contributed by atoms with Crippen LogP contribution in [0.3, 0.4) is 0 Å². The third-order valence-electron chi connectivity index (χ3n) is 2.53. The molecule has 0 nitrogen and oxygen atoms in total. The molecule has 0 aliphatic heterocycles. The zero-order chi connectivity index (χ0) is 14.2. The van der Waals surface area contributed by atoms with Crippen LogP contribution in [0.4, 0.5) is 17.6 Å². The van der Waals surface area contributed by atoms with Crippen molar-refractivity contribution in [2.75, 3.05) is 0 Å². The summed E-state index contributed by atoms with van der Waals surface area (Å²) in [7, 11) is 0. The Hall–Kier alpha value is -0.820. The van der Waals surface area contributed by atoms with Crippen molar-refractivity contribution in [1.29, 1.82) is 0 Å². The van der Waals surface area contributed by atoms with Crippen LogP contribution >= 0.6 is 34.2 Å². The molecule has 0 aliphatic carbocycles. The quantitative estimate of drug-likeness (QED) is 0.370. The Morgan fingerprint density at radius 2 is 1.47 bits per heavy atom. The topological polar surface area (TPSA) is 0 Å². The number of hydrogen-bond donors (Lipinski definition) is 0. The highest BCUT2D eigenvalue weighted by atomic mass is 127. The van der Waals surface area contributed by atoms with Crippen LogP contribution in [-0.2, 0) is 0 Å². The standard InChI is InChI=1S/C13H6ClF4I/c14-13(8-2-1-6(15)5-11(8)19)12-9(17)3-7(16)4-10(12)18/h1-5,13H. The monoisotopic (exact) mass is 400 g/mol. The van der Waals surface area contributed by atoms with E-state index in [1.807, 2.05) is 22.6 Å². The van der Waals surface area contributed by atoms with Gasteiger partial charge in [-0.05, 0) is 40.3 Å². The molecule has 0 amide bonds. The lowest BCUT2D eigenvalue weighted by molar-refractivity contribution is 0.526. The van der Waals surface area contributed by atoms with Crippen molar-refractivity contribution in [3.63, 3.8) is 0 Å². The van der Waals surface area contributed by atoms with Crippen molar-refractivity contribution >= 4 is 34.2 Å². The van der Waals surface area contributed by atoms with Gasteiger partial charge in [0.25, 0.3) is 0 Å². The highest BCUT2D eigenvalue weighted by molar-refractivity contribution is 14.1. The summed E-state index contributed by atoms with van der Waals surface area (Å²) >= 11 is 7.84. The Bertz CT molecular complexity index is 607. The molecule has 1 unspecified atom stereocenters. The van der Waals surface area contributed by atoms with Gasteiger partial charge in [-0.25, -0.2) is 17.6 Å². The van der Waals surface area contributed by atoms with Crippen molar-refractivity contribution in [2.45, 2.75) is 5.38 Å². The molecule has 0 aliphatic rings. The van der Waals surface area contributed by atoms with Crippen molar-refractivity contribution in [3.8, 4) is 0 Å². The van der Waals surface area contributed by atoms with Crippen LogP contribution in [0, 0.1) is 26.8 Å². The molecule has 2 aromatic rings. The molecule has 0 saturated heterocycles. The molecule has 1 atom stereocenters. The number of hydrogen-bond acceptors (Lipinski definition) is 0. The fourth-order valence-corrected chi connectivity index (χ4v) is 3.03. The van der Waals surface area contributed by atoms with E-state index in [1.54, 1.807) is 0 Å². The maximum atomic E-state index is 13.6. The zero-order valence-corrected chi connectivity index (χ0v) is 12.1. The second kappa shape index (κ2) is 5.66. The SMILES string of the molecule is Fc1cc(F)c(C(Cl)c2ccc(F)cc2I)c(F)c1. The first-order valence-corrected chi connectivity index (χ1v) is 6.65. The summed E-state index contributed by atoms with van der Waals surface area (Å²) in [6, 6.07) is 4.81. The molecule has 0 N–H and O–H groups in total. The predicted molar refractivity (Wildman–Crippen MR) is 73.1 cm³/mol. The van der Waals surface area contributed by atoms with E-state index in [-0.39, 0.29) is 0 Å². The van der Waals surface area contributed by atoms with Gasteiger partial charge in [-0.3, -0.25) is 0 Å².